The van der Waals surface area contributed by atoms with Crippen LogP contribution in [0.1, 0.15) is 15.9 Å². The number of aryl methyl sites for hydroxylation is 1. The van der Waals surface area contributed by atoms with E-state index in [2.05, 4.69) is 6.58 Å². The summed E-state index contributed by atoms with van der Waals surface area (Å²) in [6.45, 7) is 4.61. The van der Waals surface area contributed by atoms with Crippen LogP contribution in [0.15, 0.2) is 29.7 Å². The standard InChI is InChI=1S/C11H11FO4S/c1-3-4-17(15,16)8-5-7(2)10(12)9(6-8)11(13)14/h3,5-6H,1,4H2,2H3,(H,13,14). The van der Waals surface area contributed by atoms with Crippen molar-refractivity contribution in [2.45, 2.75) is 11.8 Å². The SMILES string of the molecule is C=CCS(=O)(=O)c1cc(C)c(F)c(C(=O)O)c1. The van der Waals surface area contributed by atoms with Crippen LogP contribution in [-0.4, -0.2) is 25.2 Å². The number of benzene rings is 1. The third-order valence-corrected chi connectivity index (χ3v) is 3.78. The van der Waals surface area contributed by atoms with Gasteiger partial charge in [-0.1, -0.05) is 6.08 Å². The number of carboxylic acid groups (broad SMARTS) is 1. The molecule has 0 amide bonds. The highest BCUT2D eigenvalue weighted by molar-refractivity contribution is 7.91. The zero-order chi connectivity index (χ0) is 13.2. The molecule has 92 valence electrons. The molecule has 1 N–H and O–H groups in total. The van der Waals surface area contributed by atoms with Gasteiger partial charge < -0.3 is 5.11 Å². The van der Waals surface area contributed by atoms with Crippen LogP contribution in [0, 0.1) is 12.7 Å². The second-order valence-electron chi connectivity index (χ2n) is 3.48. The summed E-state index contributed by atoms with van der Waals surface area (Å²) in [5, 5.41) is 8.76. The molecule has 0 aliphatic rings. The minimum Gasteiger partial charge on any atom is -0.478 e. The molecule has 0 radical (unpaired) electrons. The molecule has 0 spiro atoms. The van der Waals surface area contributed by atoms with Crippen molar-refractivity contribution < 1.29 is 22.7 Å². The summed E-state index contributed by atoms with van der Waals surface area (Å²) in [7, 11) is -3.65. The number of rotatable bonds is 4. The molecule has 1 aromatic rings. The average Bonchev–Trinajstić information content (AvgIpc) is 2.21. The Labute approximate surface area is 98.3 Å². The van der Waals surface area contributed by atoms with Crippen LogP contribution in [0.4, 0.5) is 4.39 Å². The molecule has 0 saturated carbocycles. The highest BCUT2D eigenvalue weighted by Crippen LogP contribution is 2.20. The third kappa shape index (κ3) is 2.71. The predicted molar refractivity (Wildman–Crippen MR) is 60.3 cm³/mol. The minimum absolute atomic E-state index is 0.0208. The van der Waals surface area contributed by atoms with E-state index in [-0.39, 0.29) is 16.2 Å². The molecule has 0 aromatic heterocycles. The monoisotopic (exact) mass is 258 g/mol. The molecule has 0 bridgehead atoms. The third-order valence-electron chi connectivity index (χ3n) is 2.15. The quantitative estimate of drug-likeness (QED) is 0.660. The van der Waals surface area contributed by atoms with Crippen molar-refractivity contribution in [3.63, 3.8) is 0 Å². The van der Waals surface area contributed by atoms with Gasteiger partial charge in [0, 0.05) is 0 Å². The van der Waals surface area contributed by atoms with Crippen molar-refractivity contribution in [1.29, 1.82) is 0 Å². The van der Waals surface area contributed by atoms with E-state index in [9.17, 15) is 17.6 Å². The topological polar surface area (TPSA) is 71.4 Å². The van der Waals surface area contributed by atoms with Crippen LogP contribution in [0.3, 0.4) is 0 Å². The number of carboxylic acids is 1. The lowest BCUT2D eigenvalue weighted by molar-refractivity contribution is 0.0691. The Morgan fingerprint density at radius 1 is 1.53 bits per heavy atom. The normalized spacial score (nSPS) is 11.2. The molecule has 17 heavy (non-hydrogen) atoms. The van der Waals surface area contributed by atoms with E-state index in [0.717, 1.165) is 12.1 Å². The number of carbonyl (C=O) groups is 1. The molecule has 0 unspecified atom stereocenters. The van der Waals surface area contributed by atoms with Gasteiger partial charge in [-0.05, 0) is 24.6 Å². The summed E-state index contributed by atoms with van der Waals surface area (Å²) in [6, 6.07) is 1.93. The summed E-state index contributed by atoms with van der Waals surface area (Å²) in [4.78, 5) is 10.5. The van der Waals surface area contributed by atoms with Gasteiger partial charge in [0.15, 0.2) is 9.84 Å². The lowest BCUT2D eigenvalue weighted by atomic mass is 10.1. The van der Waals surface area contributed by atoms with E-state index in [0.29, 0.717) is 0 Å². The first-order valence-electron chi connectivity index (χ1n) is 4.66. The van der Waals surface area contributed by atoms with E-state index in [4.69, 9.17) is 5.11 Å². The Morgan fingerprint density at radius 3 is 2.59 bits per heavy atom. The zero-order valence-corrected chi connectivity index (χ0v) is 9.92. The molecular formula is C11H11FO4S. The molecule has 6 heteroatoms. The Kier molecular flexibility index (Phi) is 3.67. The molecule has 0 aliphatic heterocycles. The van der Waals surface area contributed by atoms with Crippen LogP contribution in [0.25, 0.3) is 0 Å². The van der Waals surface area contributed by atoms with Crippen molar-refractivity contribution >= 4 is 15.8 Å². The first-order valence-corrected chi connectivity index (χ1v) is 6.32. The first-order chi connectivity index (χ1) is 7.79. The van der Waals surface area contributed by atoms with Crippen molar-refractivity contribution in [3.05, 3.63) is 41.7 Å². The Hall–Kier alpha value is -1.69. The maximum absolute atomic E-state index is 13.4. The van der Waals surface area contributed by atoms with E-state index in [1.165, 1.54) is 13.0 Å². The highest BCUT2D eigenvalue weighted by Gasteiger charge is 2.20. The molecule has 4 nitrogen and oxygen atoms in total. The van der Waals surface area contributed by atoms with Crippen molar-refractivity contribution in [3.8, 4) is 0 Å². The molecule has 0 fully saturated rings. The number of halogens is 1. The van der Waals surface area contributed by atoms with Gasteiger partial charge >= 0.3 is 5.97 Å². The van der Waals surface area contributed by atoms with Gasteiger partial charge in [0.05, 0.1) is 16.2 Å². The number of sulfone groups is 1. The summed E-state index contributed by atoms with van der Waals surface area (Å²) >= 11 is 0. The van der Waals surface area contributed by atoms with Gasteiger partial charge in [-0.25, -0.2) is 17.6 Å². The molecule has 0 atom stereocenters. The van der Waals surface area contributed by atoms with Gasteiger partial charge in [-0.2, -0.15) is 0 Å². The van der Waals surface area contributed by atoms with E-state index in [1.807, 2.05) is 0 Å². The van der Waals surface area contributed by atoms with Crippen molar-refractivity contribution in [2.24, 2.45) is 0 Å². The van der Waals surface area contributed by atoms with Gasteiger partial charge in [0.1, 0.15) is 5.82 Å². The highest BCUT2D eigenvalue weighted by atomic mass is 32.2. The second kappa shape index (κ2) is 4.67. The van der Waals surface area contributed by atoms with Gasteiger partial charge in [0.2, 0.25) is 0 Å². The maximum Gasteiger partial charge on any atom is 0.338 e. The fourth-order valence-electron chi connectivity index (χ4n) is 1.32. The van der Waals surface area contributed by atoms with Crippen LogP contribution in [0.5, 0.6) is 0 Å². The fraction of sp³-hybridized carbons (Fsp3) is 0.182. The number of hydrogen-bond acceptors (Lipinski definition) is 3. The maximum atomic E-state index is 13.4. The molecule has 0 saturated heterocycles. The fourth-order valence-corrected chi connectivity index (χ4v) is 2.48. The second-order valence-corrected chi connectivity index (χ2v) is 5.51. The predicted octanol–water partition coefficient (Wildman–Crippen LogP) is 1.79. The summed E-state index contributed by atoms with van der Waals surface area (Å²) in [5.41, 5.74) is -0.667. The van der Waals surface area contributed by atoms with Crippen LogP contribution >= 0.6 is 0 Å². The Balaban J connectivity index is 3.49. The number of aromatic carboxylic acids is 1. The van der Waals surface area contributed by atoms with E-state index < -0.39 is 27.2 Å². The lowest BCUT2D eigenvalue weighted by Crippen LogP contribution is -2.09. The average molecular weight is 258 g/mol. The minimum atomic E-state index is -3.65. The van der Waals surface area contributed by atoms with Crippen LogP contribution in [-0.2, 0) is 9.84 Å². The van der Waals surface area contributed by atoms with E-state index >= 15 is 0 Å². The Bertz CT molecular complexity index is 575. The van der Waals surface area contributed by atoms with Crippen molar-refractivity contribution in [2.75, 3.05) is 5.75 Å². The molecular weight excluding hydrogens is 247 g/mol. The molecule has 1 rings (SSSR count). The van der Waals surface area contributed by atoms with Gasteiger partial charge in [0.25, 0.3) is 0 Å². The smallest absolute Gasteiger partial charge is 0.338 e. The largest absolute Gasteiger partial charge is 0.478 e. The van der Waals surface area contributed by atoms with Crippen LogP contribution in [0.2, 0.25) is 0 Å². The number of hydrogen-bond donors (Lipinski definition) is 1. The lowest BCUT2D eigenvalue weighted by Gasteiger charge is -2.06. The zero-order valence-electron chi connectivity index (χ0n) is 9.10. The summed E-state index contributed by atoms with van der Waals surface area (Å²) in [5.74, 6) is -2.74. The van der Waals surface area contributed by atoms with Gasteiger partial charge in [-0.3, -0.25) is 0 Å². The Morgan fingerprint density at radius 2 is 2.12 bits per heavy atom. The summed E-state index contributed by atoms with van der Waals surface area (Å²) < 4.78 is 36.8. The molecule has 0 aliphatic carbocycles. The molecule has 1 aromatic carbocycles. The van der Waals surface area contributed by atoms with Crippen molar-refractivity contribution in [1.82, 2.24) is 0 Å². The molecule has 0 heterocycles. The van der Waals surface area contributed by atoms with Gasteiger partial charge in [-0.15, -0.1) is 6.58 Å². The first kappa shape index (κ1) is 13.4. The summed E-state index contributed by atoms with van der Waals surface area (Å²) in [6.07, 6.45) is 1.19. The van der Waals surface area contributed by atoms with Crippen LogP contribution < -0.4 is 0 Å². The van der Waals surface area contributed by atoms with E-state index in [1.54, 1.807) is 0 Å².